The number of rotatable bonds is 3. The summed E-state index contributed by atoms with van der Waals surface area (Å²) in [5.41, 5.74) is 3.05. The van der Waals surface area contributed by atoms with E-state index in [4.69, 9.17) is 4.74 Å². The zero-order valence-electron chi connectivity index (χ0n) is 11.8. The molecule has 2 aliphatic carbocycles. The van der Waals surface area contributed by atoms with Gasteiger partial charge in [0.15, 0.2) is 0 Å². The van der Waals surface area contributed by atoms with Gasteiger partial charge in [-0.05, 0) is 67.7 Å². The van der Waals surface area contributed by atoms with Crippen LogP contribution in [0.5, 0.6) is 0 Å². The normalized spacial score (nSPS) is 33.1. The van der Waals surface area contributed by atoms with Crippen LogP contribution < -0.4 is 5.32 Å². The van der Waals surface area contributed by atoms with E-state index >= 15 is 0 Å². The minimum absolute atomic E-state index is 0.501. The summed E-state index contributed by atoms with van der Waals surface area (Å²) in [5.74, 6) is 0.849. The van der Waals surface area contributed by atoms with E-state index in [0.717, 1.165) is 12.5 Å². The predicted octanol–water partition coefficient (Wildman–Crippen LogP) is 3.46. The van der Waals surface area contributed by atoms with Crippen LogP contribution in [-0.2, 0) is 17.6 Å². The van der Waals surface area contributed by atoms with Crippen LogP contribution in [0.15, 0.2) is 22.7 Å². The van der Waals surface area contributed by atoms with Gasteiger partial charge in [-0.1, -0.05) is 22.0 Å². The molecule has 3 heteroatoms. The van der Waals surface area contributed by atoms with E-state index in [1.807, 2.05) is 0 Å². The predicted molar refractivity (Wildman–Crippen MR) is 84.0 cm³/mol. The number of aryl methyl sites for hydroxylation is 1. The second-order valence-corrected chi connectivity index (χ2v) is 7.50. The van der Waals surface area contributed by atoms with Crippen LogP contribution in [0, 0.1) is 5.92 Å². The molecule has 108 valence electrons. The molecule has 1 N–H and O–H groups in total. The van der Waals surface area contributed by atoms with Crippen molar-refractivity contribution >= 4 is 15.9 Å². The molecule has 2 nitrogen and oxygen atoms in total. The van der Waals surface area contributed by atoms with Gasteiger partial charge in [-0.2, -0.15) is 0 Å². The molecule has 3 aliphatic rings. The van der Waals surface area contributed by atoms with E-state index in [1.54, 1.807) is 0 Å². The highest BCUT2D eigenvalue weighted by Crippen LogP contribution is 2.39. The van der Waals surface area contributed by atoms with Gasteiger partial charge >= 0.3 is 0 Å². The Morgan fingerprint density at radius 2 is 2.00 bits per heavy atom. The number of hydrogen-bond donors (Lipinski definition) is 1. The van der Waals surface area contributed by atoms with Crippen LogP contribution in [0.3, 0.4) is 0 Å². The van der Waals surface area contributed by atoms with Gasteiger partial charge in [0.05, 0.1) is 6.10 Å². The molecule has 4 rings (SSSR count). The fourth-order valence-corrected chi connectivity index (χ4v) is 4.26. The number of ether oxygens (including phenoxy) is 1. The van der Waals surface area contributed by atoms with Gasteiger partial charge in [0.1, 0.15) is 0 Å². The average Bonchev–Trinajstić information content (AvgIpc) is 3.20. The maximum atomic E-state index is 5.95. The zero-order valence-corrected chi connectivity index (χ0v) is 13.4. The molecule has 0 amide bonds. The molecule has 1 aromatic rings. The smallest absolute Gasteiger partial charge is 0.0757 e. The van der Waals surface area contributed by atoms with Gasteiger partial charge in [-0.15, -0.1) is 0 Å². The van der Waals surface area contributed by atoms with Crippen molar-refractivity contribution in [1.82, 2.24) is 5.32 Å². The SMILES string of the molecule is Brc1ccc2c(c1)CCC(NC1CCOC1C1CC1)C2. The summed E-state index contributed by atoms with van der Waals surface area (Å²) < 4.78 is 7.16. The van der Waals surface area contributed by atoms with Crippen LogP contribution in [0.25, 0.3) is 0 Å². The Labute approximate surface area is 129 Å². The van der Waals surface area contributed by atoms with Crippen molar-refractivity contribution in [2.75, 3.05) is 6.61 Å². The largest absolute Gasteiger partial charge is 0.376 e. The molecule has 3 atom stereocenters. The van der Waals surface area contributed by atoms with Crippen LogP contribution in [0.1, 0.15) is 36.8 Å². The van der Waals surface area contributed by atoms with Crippen molar-refractivity contribution in [3.63, 3.8) is 0 Å². The van der Waals surface area contributed by atoms with Gasteiger partial charge in [-0.25, -0.2) is 0 Å². The van der Waals surface area contributed by atoms with Crippen molar-refractivity contribution in [3.8, 4) is 0 Å². The summed E-state index contributed by atoms with van der Waals surface area (Å²) in [6.07, 6.45) is 8.10. The Morgan fingerprint density at radius 1 is 1.10 bits per heavy atom. The molecule has 1 aromatic carbocycles. The first kappa shape index (κ1) is 13.3. The van der Waals surface area contributed by atoms with E-state index in [2.05, 4.69) is 39.4 Å². The standard InChI is InChI=1S/C17H22BrNO/c18-14-5-3-13-10-15(6-4-12(13)9-14)19-16-7-8-20-17(16)11-1-2-11/h3,5,9,11,15-17,19H,1-2,4,6-8,10H2. The van der Waals surface area contributed by atoms with Crippen molar-refractivity contribution in [2.45, 2.75) is 56.7 Å². The highest BCUT2D eigenvalue weighted by molar-refractivity contribution is 9.10. The molecule has 1 heterocycles. The molecular weight excluding hydrogens is 314 g/mol. The van der Waals surface area contributed by atoms with E-state index in [-0.39, 0.29) is 0 Å². The Morgan fingerprint density at radius 3 is 2.85 bits per heavy atom. The average molecular weight is 336 g/mol. The number of fused-ring (bicyclic) bond motifs is 1. The van der Waals surface area contributed by atoms with E-state index in [1.165, 1.54) is 54.1 Å². The first-order valence-electron chi connectivity index (χ1n) is 7.94. The molecule has 1 saturated carbocycles. The lowest BCUT2D eigenvalue weighted by Gasteiger charge is -2.30. The Balaban J connectivity index is 1.42. The molecular formula is C17H22BrNO. The lowest BCUT2D eigenvalue weighted by molar-refractivity contribution is 0.0784. The summed E-state index contributed by atoms with van der Waals surface area (Å²) in [5, 5.41) is 3.91. The number of benzene rings is 1. The van der Waals surface area contributed by atoms with Gasteiger partial charge in [0.2, 0.25) is 0 Å². The van der Waals surface area contributed by atoms with E-state index in [0.29, 0.717) is 18.2 Å². The highest BCUT2D eigenvalue weighted by Gasteiger charge is 2.41. The Kier molecular flexibility index (Phi) is 3.61. The number of nitrogens with one attached hydrogen (secondary N) is 1. The van der Waals surface area contributed by atoms with Crippen molar-refractivity contribution < 1.29 is 4.74 Å². The third-order valence-electron chi connectivity index (χ3n) is 5.07. The summed E-state index contributed by atoms with van der Waals surface area (Å²) in [7, 11) is 0. The van der Waals surface area contributed by atoms with Crippen LogP contribution in [0.2, 0.25) is 0 Å². The maximum absolute atomic E-state index is 5.95. The zero-order chi connectivity index (χ0) is 13.5. The third-order valence-corrected chi connectivity index (χ3v) is 5.56. The maximum Gasteiger partial charge on any atom is 0.0757 e. The highest BCUT2D eigenvalue weighted by atomic mass is 79.9. The monoisotopic (exact) mass is 335 g/mol. The molecule has 1 saturated heterocycles. The molecule has 1 aliphatic heterocycles. The van der Waals surface area contributed by atoms with Gasteiger partial charge < -0.3 is 10.1 Å². The summed E-state index contributed by atoms with van der Waals surface area (Å²) in [4.78, 5) is 0. The van der Waals surface area contributed by atoms with Crippen LogP contribution in [0.4, 0.5) is 0 Å². The minimum atomic E-state index is 0.501. The lowest BCUT2D eigenvalue weighted by atomic mass is 9.87. The summed E-state index contributed by atoms with van der Waals surface area (Å²) >= 11 is 3.58. The lowest BCUT2D eigenvalue weighted by Crippen LogP contribution is -2.46. The minimum Gasteiger partial charge on any atom is -0.376 e. The Bertz CT molecular complexity index is 500. The quantitative estimate of drug-likeness (QED) is 0.913. The third kappa shape index (κ3) is 2.68. The first-order chi connectivity index (χ1) is 9.79. The van der Waals surface area contributed by atoms with Crippen molar-refractivity contribution in [2.24, 2.45) is 5.92 Å². The summed E-state index contributed by atoms with van der Waals surface area (Å²) in [6.45, 7) is 0.953. The Hall–Kier alpha value is -0.380. The molecule has 20 heavy (non-hydrogen) atoms. The fourth-order valence-electron chi connectivity index (χ4n) is 3.85. The first-order valence-corrected chi connectivity index (χ1v) is 8.74. The molecule has 0 radical (unpaired) electrons. The van der Waals surface area contributed by atoms with Gasteiger partial charge in [0, 0.05) is 23.2 Å². The molecule has 0 bridgehead atoms. The molecule has 2 fully saturated rings. The second-order valence-electron chi connectivity index (χ2n) is 6.59. The molecule has 3 unspecified atom stereocenters. The number of halogens is 1. The topological polar surface area (TPSA) is 21.3 Å². The van der Waals surface area contributed by atoms with Crippen LogP contribution in [-0.4, -0.2) is 24.8 Å². The van der Waals surface area contributed by atoms with Crippen molar-refractivity contribution in [1.29, 1.82) is 0 Å². The molecule has 0 spiro atoms. The van der Waals surface area contributed by atoms with Gasteiger partial charge in [0.25, 0.3) is 0 Å². The molecule has 0 aromatic heterocycles. The summed E-state index contributed by atoms with van der Waals surface area (Å²) in [6, 6.07) is 7.99. The second kappa shape index (κ2) is 5.43. The van der Waals surface area contributed by atoms with Gasteiger partial charge in [-0.3, -0.25) is 0 Å². The fraction of sp³-hybridized carbons (Fsp3) is 0.647. The van der Waals surface area contributed by atoms with E-state index in [9.17, 15) is 0 Å². The van der Waals surface area contributed by atoms with E-state index < -0.39 is 0 Å². The van der Waals surface area contributed by atoms with Crippen molar-refractivity contribution in [3.05, 3.63) is 33.8 Å². The van der Waals surface area contributed by atoms with Crippen LogP contribution >= 0.6 is 15.9 Å². The number of hydrogen-bond acceptors (Lipinski definition) is 2.